The average Bonchev–Trinajstić information content (AvgIpc) is 3.42. The molecule has 3 aromatic rings. The van der Waals surface area contributed by atoms with Crippen LogP contribution in [0.25, 0.3) is 5.65 Å². The van der Waals surface area contributed by atoms with Crippen molar-refractivity contribution >= 4 is 23.2 Å². The van der Waals surface area contributed by atoms with Crippen LogP contribution in [0.3, 0.4) is 0 Å². The third-order valence-electron chi connectivity index (χ3n) is 5.78. The number of nitrogens with one attached hydrogen (secondary N) is 1. The quantitative estimate of drug-likeness (QED) is 0.668. The summed E-state index contributed by atoms with van der Waals surface area (Å²) in [6.07, 6.45) is -1.99. The van der Waals surface area contributed by atoms with Crippen LogP contribution in [0.5, 0.6) is 5.75 Å². The molecule has 1 aromatic carbocycles. The fraction of sp³-hybridized carbons (Fsp3) is 0.381. The van der Waals surface area contributed by atoms with E-state index >= 15 is 0 Å². The van der Waals surface area contributed by atoms with Gasteiger partial charge in [0.2, 0.25) is 0 Å². The second-order valence-corrected chi connectivity index (χ2v) is 8.27. The molecule has 0 saturated carbocycles. The van der Waals surface area contributed by atoms with Gasteiger partial charge in [0.05, 0.1) is 40.8 Å². The molecule has 4 heterocycles. The Morgan fingerprint density at radius 1 is 1.29 bits per heavy atom. The van der Waals surface area contributed by atoms with Gasteiger partial charge in [0.1, 0.15) is 17.7 Å². The smallest absolute Gasteiger partial charge is 0.258 e. The Hall–Kier alpha value is -2.78. The van der Waals surface area contributed by atoms with Gasteiger partial charge < -0.3 is 15.0 Å². The number of alkyl halides is 1. The highest BCUT2D eigenvalue weighted by atomic mass is 35.5. The van der Waals surface area contributed by atoms with Crippen molar-refractivity contribution in [1.29, 1.82) is 0 Å². The van der Waals surface area contributed by atoms with Crippen molar-refractivity contribution in [2.24, 2.45) is 0 Å². The number of amides is 1. The molecule has 7 nitrogen and oxygen atoms in total. The lowest BCUT2D eigenvalue weighted by Gasteiger charge is -2.21. The molecule has 1 saturated heterocycles. The van der Waals surface area contributed by atoms with Crippen molar-refractivity contribution in [3.63, 3.8) is 0 Å². The highest BCUT2D eigenvalue weighted by Gasteiger charge is 2.33. The van der Waals surface area contributed by atoms with Crippen molar-refractivity contribution in [2.75, 3.05) is 13.1 Å². The molecule has 2 aliphatic rings. The van der Waals surface area contributed by atoms with E-state index in [-0.39, 0.29) is 30.3 Å². The van der Waals surface area contributed by atoms with Gasteiger partial charge in [0.15, 0.2) is 11.8 Å². The summed E-state index contributed by atoms with van der Waals surface area (Å²) in [4.78, 5) is 19.4. The summed E-state index contributed by atoms with van der Waals surface area (Å²) >= 11 is 6.29. The Labute approximate surface area is 182 Å². The van der Waals surface area contributed by atoms with Crippen LogP contribution in [-0.2, 0) is 13.1 Å². The number of aryl methyl sites for hydroxylation is 2. The van der Waals surface area contributed by atoms with Gasteiger partial charge in [0, 0.05) is 24.7 Å². The fourth-order valence-corrected chi connectivity index (χ4v) is 4.22. The Bertz CT molecular complexity index is 1210. The summed E-state index contributed by atoms with van der Waals surface area (Å²) in [6.45, 7) is 4.74. The zero-order chi connectivity index (χ0) is 21.9. The highest BCUT2D eigenvalue weighted by Crippen LogP contribution is 2.32. The minimum atomic E-state index is -1.22. The summed E-state index contributed by atoms with van der Waals surface area (Å²) in [7, 11) is 0. The number of ether oxygens (including phenoxy) is 1. The van der Waals surface area contributed by atoms with Crippen molar-refractivity contribution in [1.82, 2.24) is 24.8 Å². The van der Waals surface area contributed by atoms with Crippen molar-refractivity contribution in [2.45, 2.75) is 39.2 Å². The van der Waals surface area contributed by atoms with Gasteiger partial charge in [-0.2, -0.15) is 5.10 Å². The molecule has 0 unspecified atom stereocenters. The van der Waals surface area contributed by atoms with E-state index in [4.69, 9.17) is 16.3 Å². The maximum Gasteiger partial charge on any atom is 0.258 e. The normalized spacial score (nSPS) is 20.5. The highest BCUT2D eigenvalue weighted by molar-refractivity contribution is 6.31. The van der Waals surface area contributed by atoms with Crippen LogP contribution >= 0.6 is 11.6 Å². The number of nitrogens with zero attached hydrogens (tertiary/aromatic N) is 4. The van der Waals surface area contributed by atoms with Gasteiger partial charge in [-0.15, -0.1) is 0 Å². The molecule has 0 aliphatic carbocycles. The van der Waals surface area contributed by atoms with Crippen molar-refractivity contribution in [3.8, 4) is 5.75 Å². The van der Waals surface area contributed by atoms with E-state index in [1.807, 2.05) is 13.8 Å². The van der Waals surface area contributed by atoms with Gasteiger partial charge in [-0.1, -0.05) is 11.6 Å². The standard InChI is InChI=1S/C21H20ClF2N5O2/c1-10-19(22)11(2)29-20(26-10)14-8-28(9-16(14)27-29)21(30)13-4-3-12(23)5-17(13)31-18-7-25-6-15(18)24/h3-5,15,18,25H,6-9H2,1-2H3/t15-,18-/m1/s1. The summed E-state index contributed by atoms with van der Waals surface area (Å²) in [5.74, 6) is -0.853. The molecule has 1 fully saturated rings. The molecule has 162 valence electrons. The molecule has 2 atom stereocenters. The molecule has 2 aliphatic heterocycles. The van der Waals surface area contributed by atoms with E-state index in [1.165, 1.54) is 12.1 Å². The first kappa shape index (κ1) is 20.1. The Morgan fingerprint density at radius 3 is 2.84 bits per heavy atom. The summed E-state index contributed by atoms with van der Waals surface area (Å²) in [5.41, 5.74) is 3.92. The minimum absolute atomic E-state index is 0.0386. The summed E-state index contributed by atoms with van der Waals surface area (Å²) < 4.78 is 35.2. The van der Waals surface area contributed by atoms with Crippen LogP contribution in [0.4, 0.5) is 8.78 Å². The average molecular weight is 448 g/mol. The lowest BCUT2D eigenvalue weighted by atomic mass is 10.1. The number of carbonyl (C=O) groups excluding carboxylic acids is 1. The van der Waals surface area contributed by atoms with Gasteiger partial charge in [-0.3, -0.25) is 4.79 Å². The number of carbonyl (C=O) groups is 1. The van der Waals surface area contributed by atoms with E-state index in [0.29, 0.717) is 29.5 Å². The Balaban J connectivity index is 1.44. The van der Waals surface area contributed by atoms with Crippen LogP contribution in [0.1, 0.15) is 33.0 Å². The second kappa shape index (κ2) is 7.42. The lowest BCUT2D eigenvalue weighted by Crippen LogP contribution is -2.30. The summed E-state index contributed by atoms with van der Waals surface area (Å²) in [5, 5.41) is 8.02. The molecule has 5 rings (SSSR count). The third kappa shape index (κ3) is 3.32. The predicted octanol–water partition coefficient (Wildman–Crippen LogP) is 2.98. The molecule has 0 spiro atoms. The van der Waals surface area contributed by atoms with E-state index in [9.17, 15) is 13.6 Å². The van der Waals surface area contributed by atoms with Gasteiger partial charge in [0.25, 0.3) is 5.91 Å². The molecule has 2 aromatic heterocycles. The van der Waals surface area contributed by atoms with Crippen LogP contribution in [0.15, 0.2) is 18.2 Å². The van der Waals surface area contributed by atoms with E-state index < -0.39 is 18.1 Å². The third-order valence-corrected chi connectivity index (χ3v) is 6.33. The fourth-order valence-electron chi connectivity index (χ4n) is 4.10. The molecular formula is C21H20ClF2N5O2. The SMILES string of the molecule is Cc1nc2c3c(nn2c(C)c1Cl)CN(C(=O)c1ccc(F)cc1O[C@@H]1CNC[C@H]1F)C3. The zero-order valence-corrected chi connectivity index (χ0v) is 17.7. The monoisotopic (exact) mass is 447 g/mol. The first-order valence-corrected chi connectivity index (χ1v) is 10.3. The largest absolute Gasteiger partial charge is 0.485 e. The number of rotatable bonds is 3. The molecule has 1 amide bonds. The number of halogens is 3. The molecule has 31 heavy (non-hydrogen) atoms. The van der Waals surface area contributed by atoms with Crippen molar-refractivity contribution < 1.29 is 18.3 Å². The number of hydrogen-bond acceptors (Lipinski definition) is 5. The Morgan fingerprint density at radius 2 is 2.10 bits per heavy atom. The molecule has 10 heteroatoms. The van der Waals surface area contributed by atoms with E-state index in [1.54, 1.807) is 9.42 Å². The first-order valence-electron chi connectivity index (χ1n) is 9.97. The van der Waals surface area contributed by atoms with Gasteiger partial charge >= 0.3 is 0 Å². The second-order valence-electron chi connectivity index (χ2n) is 7.89. The van der Waals surface area contributed by atoms with Crippen LogP contribution in [0.2, 0.25) is 5.02 Å². The Kier molecular flexibility index (Phi) is 4.82. The van der Waals surface area contributed by atoms with Gasteiger partial charge in [-0.25, -0.2) is 18.3 Å². The predicted molar refractivity (Wildman–Crippen MR) is 110 cm³/mol. The molecule has 0 bridgehead atoms. The molecular weight excluding hydrogens is 428 g/mol. The zero-order valence-electron chi connectivity index (χ0n) is 17.0. The van der Waals surface area contributed by atoms with Crippen LogP contribution in [0, 0.1) is 19.7 Å². The number of hydrogen-bond donors (Lipinski definition) is 1. The minimum Gasteiger partial charge on any atom is -0.485 e. The van der Waals surface area contributed by atoms with Crippen LogP contribution < -0.4 is 10.1 Å². The maximum absolute atomic E-state index is 14.0. The lowest BCUT2D eigenvalue weighted by molar-refractivity contribution is 0.0737. The van der Waals surface area contributed by atoms with E-state index in [0.717, 1.165) is 23.0 Å². The number of aromatic nitrogens is 3. The molecule has 0 radical (unpaired) electrons. The van der Waals surface area contributed by atoms with Gasteiger partial charge in [-0.05, 0) is 26.0 Å². The topological polar surface area (TPSA) is 71.8 Å². The van der Waals surface area contributed by atoms with Crippen molar-refractivity contribution in [3.05, 3.63) is 57.2 Å². The summed E-state index contributed by atoms with van der Waals surface area (Å²) in [6, 6.07) is 3.70. The number of benzene rings is 1. The number of fused-ring (bicyclic) bond motifs is 3. The van der Waals surface area contributed by atoms with Crippen LogP contribution in [-0.4, -0.2) is 50.8 Å². The first-order chi connectivity index (χ1) is 14.8. The molecule has 1 N–H and O–H groups in total. The van der Waals surface area contributed by atoms with E-state index in [2.05, 4.69) is 15.4 Å². The maximum atomic E-state index is 14.0.